The van der Waals surface area contributed by atoms with E-state index in [2.05, 4.69) is 30.9 Å². The highest BCUT2D eigenvalue weighted by molar-refractivity contribution is 6.30. The molecular formula is C23H30ClNO2. The lowest BCUT2D eigenvalue weighted by Crippen LogP contribution is -2.52. The highest BCUT2D eigenvalue weighted by atomic mass is 35.5. The van der Waals surface area contributed by atoms with Crippen LogP contribution in [0.25, 0.3) is 11.1 Å². The maximum Gasteiger partial charge on any atom is 0.0786 e. The number of aliphatic hydroxyl groups excluding tert-OH is 1. The van der Waals surface area contributed by atoms with Crippen molar-refractivity contribution in [2.45, 2.75) is 38.9 Å². The molecule has 3 rings (SSSR count). The van der Waals surface area contributed by atoms with Gasteiger partial charge in [-0.3, -0.25) is 4.90 Å². The van der Waals surface area contributed by atoms with Crippen molar-refractivity contribution in [2.24, 2.45) is 11.8 Å². The van der Waals surface area contributed by atoms with E-state index in [1.165, 1.54) is 0 Å². The summed E-state index contributed by atoms with van der Waals surface area (Å²) >= 11 is 6.02. The lowest BCUT2D eigenvalue weighted by atomic mass is 9.86. The third-order valence-corrected chi connectivity index (χ3v) is 5.82. The molecule has 27 heavy (non-hydrogen) atoms. The number of hydrogen-bond acceptors (Lipinski definition) is 3. The lowest BCUT2D eigenvalue weighted by Gasteiger charge is -2.41. The van der Waals surface area contributed by atoms with E-state index < -0.39 is 5.60 Å². The molecule has 0 aromatic heterocycles. The van der Waals surface area contributed by atoms with Gasteiger partial charge >= 0.3 is 0 Å². The summed E-state index contributed by atoms with van der Waals surface area (Å²) in [6, 6.07) is 16.1. The van der Waals surface area contributed by atoms with Crippen LogP contribution in [0.15, 0.2) is 48.5 Å². The fraction of sp³-hybridized carbons (Fsp3) is 0.478. The first-order chi connectivity index (χ1) is 12.7. The minimum Gasteiger partial charge on any atom is -0.392 e. The van der Waals surface area contributed by atoms with Crippen LogP contribution < -0.4 is 0 Å². The molecule has 3 unspecified atom stereocenters. The molecule has 2 N–H and O–H groups in total. The monoisotopic (exact) mass is 387 g/mol. The predicted octanol–water partition coefficient (Wildman–Crippen LogP) is 4.25. The Balaban J connectivity index is 1.75. The summed E-state index contributed by atoms with van der Waals surface area (Å²) in [7, 11) is 0. The summed E-state index contributed by atoms with van der Waals surface area (Å²) in [6.07, 6.45) is 0.324. The van der Waals surface area contributed by atoms with Gasteiger partial charge in [0, 0.05) is 31.1 Å². The van der Waals surface area contributed by atoms with Crippen molar-refractivity contribution in [3.63, 3.8) is 0 Å². The normalized spacial score (nSPS) is 25.9. The zero-order valence-electron chi connectivity index (χ0n) is 16.4. The van der Waals surface area contributed by atoms with Crippen molar-refractivity contribution in [3.8, 4) is 11.1 Å². The van der Waals surface area contributed by atoms with E-state index in [9.17, 15) is 10.2 Å². The molecule has 4 heteroatoms. The molecule has 3 nitrogen and oxygen atoms in total. The van der Waals surface area contributed by atoms with Crippen molar-refractivity contribution in [1.82, 2.24) is 4.90 Å². The van der Waals surface area contributed by atoms with Crippen molar-refractivity contribution in [1.29, 1.82) is 0 Å². The summed E-state index contributed by atoms with van der Waals surface area (Å²) in [6.45, 7) is 8.31. The van der Waals surface area contributed by atoms with Crippen LogP contribution >= 0.6 is 11.6 Å². The fourth-order valence-electron chi connectivity index (χ4n) is 4.33. The molecule has 0 bridgehead atoms. The Kier molecular flexibility index (Phi) is 6.27. The molecule has 1 heterocycles. The van der Waals surface area contributed by atoms with Gasteiger partial charge in [0.15, 0.2) is 0 Å². The van der Waals surface area contributed by atoms with Crippen LogP contribution in [0.2, 0.25) is 5.02 Å². The zero-order chi connectivity index (χ0) is 19.6. The summed E-state index contributed by atoms with van der Waals surface area (Å²) in [4.78, 5) is 2.28. The topological polar surface area (TPSA) is 43.7 Å². The minimum atomic E-state index is -0.843. The van der Waals surface area contributed by atoms with Crippen LogP contribution in [0.1, 0.15) is 26.3 Å². The van der Waals surface area contributed by atoms with Gasteiger partial charge in [-0.1, -0.05) is 61.8 Å². The molecule has 2 aromatic carbocycles. The van der Waals surface area contributed by atoms with Crippen LogP contribution in [0.4, 0.5) is 0 Å². The first-order valence-electron chi connectivity index (χ1n) is 9.72. The second-order valence-corrected chi connectivity index (χ2v) is 8.91. The molecular weight excluding hydrogens is 358 g/mol. The summed E-state index contributed by atoms with van der Waals surface area (Å²) in [5.41, 5.74) is 2.52. The Morgan fingerprint density at radius 3 is 2.26 bits per heavy atom. The number of nitrogens with zero attached hydrogens (tertiary/aromatic N) is 1. The molecule has 2 aromatic rings. The van der Waals surface area contributed by atoms with E-state index >= 15 is 0 Å². The van der Waals surface area contributed by atoms with Gasteiger partial charge in [0.25, 0.3) is 0 Å². The van der Waals surface area contributed by atoms with Crippen LogP contribution in [-0.4, -0.2) is 46.5 Å². The molecule has 1 fully saturated rings. The SMILES string of the molecule is CC1CN(CC(C)(O)Cc2ccccc2-c2ccc(Cl)cc2)CC(C)C1O. The Morgan fingerprint density at radius 1 is 1.04 bits per heavy atom. The van der Waals surface area contributed by atoms with Crippen molar-refractivity contribution < 1.29 is 10.2 Å². The number of benzene rings is 2. The van der Waals surface area contributed by atoms with E-state index in [0.717, 1.165) is 34.8 Å². The minimum absolute atomic E-state index is 0.228. The van der Waals surface area contributed by atoms with E-state index in [1.54, 1.807) is 0 Å². The van der Waals surface area contributed by atoms with Crippen LogP contribution in [0.3, 0.4) is 0 Å². The average molecular weight is 388 g/mol. The largest absolute Gasteiger partial charge is 0.392 e. The maximum atomic E-state index is 11.1. The second-order valence-electron chi connectivity index (χ2n) is 8.48. The number of β-amino-alcohol motifs (C(OH)–C–C–N with tert-alkyl or cyclic N) is 1. The second kappa shape index (κ2) is 8.32. The number of piperidine rings is 1. The third kappa shape index (κ3) is 5.11. The molecule has 0 amide bonds. The predicted molar refractivity (Wildman–Crippen MR) is 112 cm³/mol. The molecule has 3 atom stereocenters. The summed E-state index contributed by atoms with van der Waals surface area (Å²) in [5.74, 6) is 0.455. The van der Waals surface area contributed by atoms with Gasteiger partial charge in [-0.25, -0.2) is 0 Å². The highest BCUT2D eigenvalue weighted by Gasteiger charge is 2.34. The quantitative estimate of drug-likeness (QED) is 0.806. The maximum absolute atomic E-state index is 11.1. The third-order valence-electron chi connectivity index (χ3n) is 5.57. The molecule has 0 radical (unpaired) electrons. The fourth-order valence-corrected chi connectivity index (χ4v) is 4.45. The standard InChI is InChI=1S/C23H30ClNO2/c1-16-13-25(14-17(2)22(16)26)15-23(3,27)12-19-6-4-5-7-21(19)18-8-10-20(24)11-9-18/h4-11,16-17,22,26-27H,12-15H2,1-3H3. The van der Waals surface area contributed by atoms with Gasteiger partial charge < -0.3 is 10.2 Å². The Morgan fingerprint density at radius 2 is 1.63 bits per heavy atom. The number of rotatable bonds is 5. The Hall–Kier alpha value is -1.39. The average Bonchev–Trinajstić information content (AvgIpc) is 2.60. The molecule has 0 aliphatic carbocycles. The van der Waals surface area contributed by atoms with E-state index in [4.69, 9.17) is 11.6 Å². The van der Waals surface area contributed by atoms with Gasteiger partial charge in [0.05, 0.1) is 11.7 Å². The molecule has 1 saturated heterocycles. The lowest BCUT2D eigenvalue weighted by molar-refractivity contribution is -0.0443. The van der Waals surface area contributed by atoms with Crippen molar-refractivity contribution in [3.05, 3.63) is 59.1 Å². The Bertz CT molecular complexity index is 747. The first-order valence-corrected chi connectivity index (χ1v) is 10.1. The van der Waals surface area contributed by atoms with E-state index in [1.807, 2.05) is 43.3 Å². The van der Waals surface area contributed by atoms with Crippen LogP contribution in [0.5, 0.6) is 0 Å². The summed E-state index contributed by atoms with van der Waals surface area (Å²) < 4.78 is 0. The van der Waals surface area contributed by atoms with Crippen LogP contribution in [-0.2, 0) is 6.42 Å². The van der Waals surface area contributed by atoms with E-state index in [-0.39, 0.29) is 17.9 Å². The van der Waals surface area contributed by atoms with Gasteiger partial charge in [-0.15, -0.1) is 0 Å². The number of likely N-dealkylation sites (tertiary alicyclic amines) is 1. The van der Waals surface area contributed by atoms with Gasteiger partial charge in [-0.2, -0.15) is 0 Å². The van der Waals surface area contributed by atoms with Gasteiger partial charge in [-0.05, 0) is 47.6 Å². The Labute approximate surface area is 167 Å². The van der Waals surface area contributed by atoms with Crippen molar-refractivity contribution >= 4 is 11.6 Å². The number of aliphatic hydroxyl groups is 2. The van der Waals surface area contributed by atoms with Crippen LogP contribution in [0, 0.1) is 11.8 Å². The van der Waals surface area contributed by atoms with Gasteiger partial charge in [0.1, 0.15) is 0 Å². The molecule has 1 aliphatic rings. The molecule has 0 spiro atoms. The smallest absolute Gasteiger partial charge is 0.0786 e. The molecule has 146 valence electrons. The molecule has 0 saturated carbocycles. The first kappa shape index (κ1) is 20.3. The van der Waals surface area contributed by atoms with E-state index in [0.29, 0.717) is 13.0 Å². The summed E-state index contributed by atoms with van der Waals surface area (Å²) in [5, 5.41) is 22.1. The van der Waals surface area contributed by atoms with Gasteiger partial charge in [0.2, 0.25) is 0 Å². The molecule has 1 aliphatic heterocycles. The number of hydrogen-bond donors (Lipinski definition) is 2. The zero-order valence-corrected chi connectivity index (χ0v) is 17.2. The van der Waals surface area contributed by atoms with Crippen molar-refractivity contribution in [2.75, 3.05) is 19.6 Å². The highest BCUT2D eigenvalue weighted by Crippen LogP contribution is 2.29. The number of halogens is 1.